The van der Waals surface area contributed by atoms with Gasteiger partial charge in [0.15, 0.2) is 0 Å². The lowest BCUT2D eigenvalue weighted by Crippen LogP contribution is -2.33. The number of halogens is 1. The number of nitriles is 1. The third kappa shape index (κ3) is 4.12. The van der Waals surface area contributed by atoms with Gasteiger partial charge in [0.1, 0.15) is 6.54 Å². The maximum Gasteiger partial charge on any atom is 0.323 e. The van der Waals surface area contributed by atoms with Gasteiger partial charge in [0, 0.05) is 4.47 Å². The van der Waals surface area contributed by atoms with Gasteiger partial charge in [-0.3, -0.25) is 4.79 Å². The third-order valence-corrected chi connectivity index (χ3v) is 2.40. The van der Waals surface area contributed by atoms with Gasteiger partial charge in [-0.15, -0.1) is 0 Å². The summed E-state index contributed by atoms with van der Waals surface area (Å²) in [6.07, 6.45) is 0. The fourth-order valence-corrected chi connectivity index (χ4v) is 1.49. The van der Waals surface area contributed by atoms with E-state index in [9.17, 15) is 9.59 Å². The zero-order valence-corrected chi connectivity index (χ0v) is 10.1. The van der Waals surface area contributed by atoms with E-state index in [-0.39, 0.29) is 0 Å². The van der Waals surface area contributed by atoms with Crippen molar-refractivity contribution in [3.05, 3.63) is 28.2 Å². The molecular weight excluding hydrogens is 290 g/mol. The van der Waals surface area contributed by atoms with Gasteiger partial charge in [-0.1, -0.05) is 0 Å². The maximum atomic E-state index is 11.3. The highest BCUT2D eigenvalue weighted by molar-refractivity contribution is 9.10. The monoisotopic (exact) mass is 297 g/mol. The minimum Gasteiger partial charge on any atom is -0.480 e. The van der Waals surface area contributed by atoms with Crippen molar-refractivity contribution in [3.8, 4) is 6.07 Å². The summed E-state index contributed by atoms with van der Waals surface area (Å²) >= 11 is 3.19. The van der Waals surface area contributed by atoms with Crippen molar-refractivity contribution < 1.29 is 14.7 Å². The van der Waals surface area contributed by atoms with Gasteiger partial charge in [0.2, 0.25) is 0 Å². The fraction of sp³-hybridized carbons (Fsp3) is 0.100. The molecule has 6 nitrogen and oxygen atoms in total. The van der Waals surface area contributed by atoms with E-state index < -0.39 is 18.5 Å². The van der Waals surface area contributed by atoms with E-state index in [4.69, 9.17) is 10.4 Å². The van der Waals surface area contributed by atoms with Gasteiger partial charge in [0.25, 0.3) is 0 Å². The van der Waals surface area contributed by atoms with E-state index in [0.29, 0.717) is 15.7 Å². The average molecular weight is 298 g/mol. The number of aliphatic carboxylic acids is 1. The Morgan fingerprint density at radius 1 is 1.47 bits per heavy atom. The summed E-state index contributed by atoms with van der Waals surface area (Å²) in [5.74, 6) is -1.13. The molecule has 0 aliphatic carbocycles. The largest absolute Gasteiger partial charge is 0.480 e. The number of benzene rings is 1. The van der Waals surface area contributed by atoms with Crippen molar-refractivity contribution >= 4 is 33.6 Å². The number of carbonyl (C=O) groups excluding carboxylic acids is 1. The zero-order valence-electron chi connectivity index (χ0n) is 8.53. The van der Waals surface area contributed by atoms with E-state index in [1.165, 1.54) is 6.07 Å². The predicted molar refractivity (Wildman–Crippen MR) is 63.5 cm³/mol. The van der Waals surface area contributed by atoms with Crippen LogP contribution in [-0.2, 0) is 4.79 Å². The molecule has 0 fully saturated rings. The summed E-state index contributed by atoms with van der Waals surface area (Å²) in [4.78, 5) is 21.5. The molecule has 0 saturated carbocycles. The molecule has 3 N–H and O–H groups in total. The summed E-state index contributed by atoms with van der Waals surface area (Å²) < 4.78 is 0.544. The van der Waals surface area contributed by atoms with Crippen molar-refractivity contribution in [2.24, 2.45) is 0 Å². The molecular formula is C10H8BrN3O3. The molecule has 0 bridgehead atoms. The van der Waals surface area contributed by atoms with Crippen LogP contribution in [0.5, 0.6) is 0 Å². The Labute approximate surface area is 105 Å². The highest BCUT2D eigenvalue weighted by atomic mass is 79.9. The van der Waals surface area contributed by atoms with Crippen molar-refractivity contribution in [2.75, 3.05) is 11.9 Å². The zero-order chi connectivity index (χ0) is 12.8. The van der Waals surface area contributed by atoms with E-state index in [2.05, 4.69) is 26.6 Å². The number of rotatable bonds is 3. The van der Waals surface area contributed by atoms with E-state index in [1.807, 2.05) is 6.07 Å². The second-order valence-corrected chi connectivity index (χ2v) is 3.86. The van der Waals surface area contributed by atoms with E-state index in [1.54, 1.807) is 12.1 Å². The molecule has 0 spiro atoms. The molecule has 7 heteroatoms. The number of nitrogens with one attached hydrogen (secondary N) is 2. The molecule has 0 aliphatic heterocycles. The van der Waals surface area contributed by atoms with Crippen molar-refractivity contribution in [2.45, 2.75) is 0 Å². The van der Waals surface area contributed by atoms with E-state index >= 15 is 0 Å². The molecule has 1 aromatic carbocycles. The number of amides is 2. The second-order valence-electron chi connectivity index (χ2n) is 3.01. The van der Waals surface area contributed by atoms with Crippen LogP contribution in [0.3, 0.4) is 0 Å². The number of nitrogens with zero attached hydrogens (tertiary/aromatic N) is 1. The summed E-state index contributed by atoms with van der Waals surface area (Å²) in [6, 6.07) is 5.96. The smallest absolute Gasteiger partial charge is 0.323 e. The van der Waals surface area contributed by atoms with Crippen LogP contribution < -0.4 is 10.6 Å². The molecule has 0 aromatic heterocycles. The van der Waals surface area contributed by atoms with Gasteiger partial charge in [-0.05, 0) is 34.1 Å². The molecule has 17 heavy (non-hydrogen) atoms. The number of carboxylic acids is 1. The lowest BCUT2D eigenvalue weighted by Gasteiger charge is -2.07. The Morgan fingerprint density at radius 3 is 2.71 bits per heavy atom. The highest BCUT2D eigenvalue weighted by Gasteiger charge is 2.07. The quantitative estimate of drug-likeness (QED) is 0.787. The minimum absolute atomic E-state index is 0.451. The van der Waals surface area contributed by atoms with Crippen LogP contribution in [0.15, 0.2) is 22.7 Å². The lowest BCUT2D eigenvalue weighted by molar-refractivity contribution is -0.135. The summed E-state index contributed by atoms with van der Waals surface area (Å²) in [6.45, 7) is -0.459. The van der Waals surface area contributed by atoms with Crippen molar-refractivity contribution in [1.82, 2.24) is 5.32 Å². The topological polar surface area (TPSA) is 102 Å². The highest BCUT2D eigenvalue weighted by Crippen LogP contribution is 2.23. The molecule has 0 atom stereocenters. The second kappa shape index (κ2) is 5.86. The Morgan fingerprint density at radius 2 is 2.18 bits per heavy atom. The number of hydrogen-bond donors (Lipinski definition) is 3. The molecule has 2 amide bonds. The van der Waals surface area contributed by atoms with Gasteiger partial charge in [-0.25, -0.2) is 4.79 Å². The van der Waals surface area contributed by atoms with Crippen LogP contribution in [0, 0.1) is 11.3 Å². The molecule has 0 heterocycles. The number of hydrogen-bond acceptors (Lipinski definition) is 3. The third-order valence-electron chi connectivity index (χ3n) is 1.75. The Bertz CT molecular complexity index is 496. The molecule has 0 saturated heterocycles. The van der Waals surface area contributed by atoms with Gasteiger partial charge >= 0.3 is 12.0 Å². The summed E-state index contributed by atoms with van der Waals surface area (Å²) in [7, 11) is 0. The van der Waals surface area contributed by atoms with Gasteiger partial charge < -0.3 is 15.7 Å². The minimum atomic E-state index is -1.13. The van der Waals surface area contributed by atoms with Crippen molar-refractivity contribution in [3.63, 3.8) is 0 Å². The van der Waals surface area contributed by atoms with Crippen LogP contribution in [-0.4, -0.2) is 23.7 Å². The van der Waals surface area contributed by atoms with Crippen LogP contribution in [0.1, 0.15) is 5.56 Å². The standard InChI is InChI=1S/C10H8BrN3O3/c11-7-3-6(4-12)1-2-8(7)14-10(17)13-5-9(15)16/h1-3H,5H2,(H,15,16)(H2,13,14,17). The molecule has 0 aliphatic rings. The Balaban J connectivity index is 2.66. The SMILES string of the molecule is N#Cc1ccc(NC(=O)NCC(=O)O)c(Br)c1. The maximum absolute atomic E-state index is 11.3. The average Bonchev–Trinajstić information content (AvgIpc) is 2.29. The predicted octanol–water partition coefficient (Wildman–Crippen LogP) is 1.53. The number of urea groups is 1. The van der Waals surface area contributed by atoms with Gasteiger partial charge in [-0.2, -0.15) is 5.26 Å². The van der Waals surface area contributed by atoms with Crippen molar-refractivity contribution in [1.29, 1.82) is 5.26 Å². The summed E-state index contributed by atoms with van der Waals surface area (Å²) in [5, 5.41) is 21.6. The number of carboxylic acid groups (broad SMARTS) is 1. The van der Waals surface area contributed by atoms with E-state index in [0.717, 1.165) is 0 Å². The normalized spacial score (nSPS) is 9.18. The molecule has 88 valence electrons. The number of anilines is 1. The van der Waals surface area contributed by atoms with Crippen LogP contribution >= 0.6 is 15.9 Å². The van der Waals surface area contributed by atoms with Crippen LogP contribution in [0.4, 0.5) is 10.5 Å². The molecule has 1 aromatic rings. The summed E-state index contributed by atoms with van der Waals surface area (Å²) in [5.41, 5.74) is 0.903. The van der Waals surface area contributed by atoms with Crippen LogP contribution in [0.25, 0.3) is 0 Å². The first-order chi connectivity index (χ1) is 8.02. The van der Waals surface area contributed by atoms with Crippen LogP contribution in [0.2, 0.25) is 0 Å². The first-order valence-corrected chi connectivity index (χ1v) is 5.28. The Kier molecular flexibility index (Phi) is 4.48. The van der Waals surface area contributed by atoms with Gasteiger partial charge in [0.05, 0.1) is 17.3 Å². The first-order valence-electron chi connectivity index (χ1n) is 4.49. The lowest BCUT2D eigenvalue weighted by atomic mass is 10.2. The fourth-order valence-electron chi connectivity index (χ4n) is 1.01. The molecule has 0 unspecified atom stereocenters. The molecule has 0 radical (unpaired) electrons. The number of carbonyl (C=O) groups is 2. The Hall–Kier alpha value is -2.07. The first kappa shape index (κ1) is 13.0. The molecule has 1 rings (SSSR count).